The molecule has 7 heteroatoms. The number of aliphatic hydroxyl groups is 1. The molecule has 0 heterocycles. The summed E-state index contributed by atoms with van der Waals surface area (Å²) in [5.41, 5.74) is -0.0270. The van der Waals surface area contributed by atoms with Crippen molar-refractivity contribution in [3.63, 3.8) is 0 Å². The first-order valence-electron chi connectivity index (χ1n) is 13.5. The molecule has 0 aliphatic heterocycles. The molecule has 0 radical (unpaired) electrons. The Hall–Kier alpha value is -1.44. The number of unbranched alkanes of at least 4 members (excludes halogenated alkanes) is 6. The van der Waals surface area contributed by atoms with Crippen molar-refractivity contribution in [2.75, 3.05) is 19.8 Å². The highest BCUT2D eigenvalue weighted by Crippen LogP contribution is 2.56. The molecule has 0 amide bonds. The number of rotatable bonds is 15. The minimum absolute atomic E-state index is 0.0270. The maximum atomic E-state index is 12.8. The van der Waals surface area contributed by atoms with Gasteiger partial charge in [-0.3, -0.25) is 8.98 Å². The van der Waals surface area contributed by atoms with Gasteiger partial charge in [-0.2, -0.15) is 8.42 Å². The van der Waals surface area contributed by atoms with E-state index in [0.717, 1.165) is 51.4 Å². The molecule has 0 saturated heterocycles. The summed E-state index contributed by atoms with van der Waals surface area (Å²) in [6, 6.07) is 6.46. The molecule has 6 nitrogen and oxygen atoms in total. The van der Waals surface area contributed by atoms with E-state index in [1.165, 1.54) is 19.3 Å². The van der Waals surface area contributed by atoms with E-state index < -0.39 is 10.1 Å². The van der Waals surface area contributed by atoms with E-state index in [-0.39, 0.29) is 35.4 Å². The Morgan fingerprint density at radius 3 is 2.37 bits per heavy atom. The number of benzene rings is 1. The molecule has 1 aromatic rings. The Kier molecular flexibility index (Phi) is 10.6. The molecule has 2 aliphatic rings. The minimum atomic E-state index is -3.84. The lowest BCUT2D eigenvalue weighted by Gasteiger charge is -2.42. The van der Waals surface area contributed by atoms with Crippen molar-refractivity contribution in [2.24, 2.45) is 23.2 Å². The van der Waals surface area contributed by atoms with Gasteiger partial charge in [0, 0.05) is 18.9 Å². The molecule has 2 aliphatic carbocycles. The molecular weight excluding hydrogens is 464 g/mol. The van der Waals surface area contributed by atoms with E-state index >= 15 is 0 Å². The molecule has 2 saturated carbocycles. The van der Waals surface area contributed by atoms with Gasteiger partial charge in [-0.05, 0) is 80.0 Å². The van der Waals surface area contributed by atoms with Gasteiger partial charge in [-0.15, -0.1) is 0 Å². The van der Waals surface area contributed by atoms with Crippen molar-refractivity contribution in [3.8, 4) is 5.75 Å². The number of fused-ring (bicyclic) bond motifs is 1. The maximum Gasteiger partial charge on any atom is 0.296 e. The fourth-order valence-electron chi connectivity index (χ4n) is 6.28. The van der Waals surface area contributed by atoms with Crippen LogP contribution in [0.25, 0.3) is 0 Å². The lowest BCUT2D eigenvalue weighted by Crippen LogP contribution is -2.40. The number of aliphatic hydroxyl groups excluding tert-OH is 1. The minimum Gasteiger partial charge on any atom is -0.494 e. The van der Waals surface area contributed by atoms with E-state index in [2.05, 4.69) is 13.8 Å². The Balaban J connectivity index is 1.41. The molecule has 0 spiro atoms. The fourth-order valence-corrected chi connectivity index (χ4v) is 7.28. The maximum absolute atomic E-state index is 12.8. The van der Waals surface area contributed by atoms with E-state index in [9.17, 15) is 13.2 Å². The van der Waals surface area contributed by atoms with Crippen LogP contribution in [-0.2, 0) is 19.1 Å². The molecule has 1 N–H and O–H groups in total. The molecule has 4 atom stereocenters. The van der Waals surface area contributed by atoms with Crippen molar-refractivity contribution in [2.45, 2.75) is 95.8 Å². The van der Waals surface area contributed by atoms with Crippen LogP contribution in [0.3, 0.4) is 0 Å². The van der Waals surface area contributed by atoms with Gasteiger partial charge in [0.15, 0.2) is 0 Å². The summed E-state index contributed by atoms with van der Waals surface area (Å²) in [6.45, 7) is 5.30. The average Bonchev–Trinajstić information content (AvgIpc) is 3.20. The van der Waals surface area contributed by atoms with Crippen LogP contribution in [0.15, 0.2) is 29.2 Å². The van der Waals surface area contributed by atoms with Gasteiger partial charge < -0.3 is 9.84 Å². The van der Waals surface area contributed by atoms with E-state index in [4.69, 9.17) is 14.0 Å². The SMILES string of the molecule is C[C@H](COS(=O)(=O)c1ccc(OCCCCCCCCCO)cc1)[C@H]1CC[C@H]2C(=O)CCC[C@]12C. The van der Waals surface area contributed by atoms with E-state index in [0.29, 0.717) is 30.5 Å². The van der Waals surface area contributed by atoms with Crippen LogP contribution in [-0.4, -0.2) is 39.1 Å². The number of ether oxygens (including phenoxy) is 1. The van der Waals surface area contributed by atoms with Crippen LogP contribution in [0, 0.1) is 23.2 Å². The third kappa shape index (κ3) is 7.53. The van der Waals surface area contributed by atoms with Gasteiger partial charge in [0.05, 0.1) is 18.1 Å². The highest BCUT2D eigenvalue weighted by atomic mass is 32.2. The van der Waals surface area contributed by atoms with E-state index in [1.807, 2.05) is 0 Å². The lowest BCUT2D eigenvalue weighted by molar-refractivity contribution is -0.130. The van der Waals surface area contributed by atoms with Crippen LogP contribution in [0.2, 0.25) is 0 Å². The van der Waals surface area contributed by atoms with Crippen molar-refractivity contribution in [3.05, 3.63) is 24.3 Å². The summed E-state index contributed by atoms with van der Waals surface area (Å²) >= 11 is 0. The molecular formula is C28H44O6S. The smallest absolute Gasteiger partial charge is 0.296 e. The highest BCUT2D eigenvalue weighted by Gasteiger charge is 2.52. The summed E-state index contributed by atoms with van der Waals surface area (Å²) in [7, 11) is -3.84. The molecule has 198 valence electrons. The second kappa shape index (κ2) is 13.2. The van der Waals surface area contributed by atoms with Gasteiger partial charge in [0.25, 0.3) is 10.1 Å². The van der Waals surface area contributed by atoms with Crippen LogP contribution < -0.4 is 4.74 Å². The topological polar surface area (TPSA) is 89.9 Å². The number of carbonyl (C=O) groups excluding carboxylic acids is 1. The van der Waals surface area contributed by atoms with E-state index in [1.54, 1.807) is 24.3 Å². The van der Waals surface area contributed by atoms with Gasteiger partial charge in [-0.1, -0.05) is 46.0 Å². The number of ketones is 1. The van der Waals surface area contributed by atoms with Gasteiger partial charge in [0.2, 0.25) is 0 Å². The second-order valence-corrected chi connectivity index (χ2v) is 12.4. The summed E-state index contributed by atoms with van der Waals surface area (Å²) in [4.78, 5) is 12.5. The zero-order chi connectivity index (χ0) is 25.3. The molecule has 0 unspecified atom stereocenters. The summed E-state index contributed by atoms with van der Waals surface area (Å²) < 4.78 is 36.8. The number of hydrogen-bond acceptors (Lipinski definition) is 6. The molecule has 35 heavy (non-hydrogen) atoms. The largest absolute Gasteiger partial charge is 0.494 e. The first kappa shape index (κ1) is 28.1. The zero-order valence-electron chi connectivity index (χ0n) is 21.5. The summed E-state index contributed by atoms with van der Waals surface area (Å²) in [6.07, 6.45) is 12.1. The van der Waals surface area contributed by atoms with Crippen LogP contribution >= 0.6 is 0 Å². The average molecular weight is 509 g/mol. The third-order valence-electron chi connectivity index (χ3n) is 8.29. The summed E-state index contributed by atoms with van der Waals surface area (Å²) in [5, 5.41) is 8.78. The zero-order valence-corrected chi connectivity index (χ0v) is 22.4. The lowest BCUT2D eigenvalue weighted by atomic mass is 9.62. The molecule has 0 bridgehead atoms. The second-order valence-electron chi connectivity index (χ2n) is 10.8. The third-order valence-corrected chi connectivity index (χ3v) is 9.59. The summed E-state index contributed by atoms with van der Waals surface area (Å²) in [5.74, 6) is 1.56. The van der Waals surface area contributed by atoms with Crippen molar-refractivity contribution >= 4 is 15.9 Å². The molecule has 1 aromatic carbocycles. The fraction of sp³-hybridized carbons (Fsp3) is 0.750. The Morgan fingerprint density at radius 2 is 1.69 bits per heavy atom. The molecule has 2 fully saturated rings. The van der Waals surface area contributed by atoms with Crippen LogP contribution in [0.4, 0.5) is 0 Å². The Bertz CT molecular complexity index is 897. The van der Waals surface area contributed by atoms with Crippen LogP contribution in [0.1, 0.15) is 90.9 Å². The number of carbonyl (C=O) groups is 1. The highest BCUT2D eigenvalue weighted by molar-refractivity contribution is 7.86. The predicted molar refractivity (Wildman–Crippen MR) is 137 cm³/mol. The monoisotopic (exact) mass is 508 g/mol. The first-order valence-corrected chi connectivity index (χ1v) is 14.9. The van der Waals surface area contributed by atoms with Crippen molar-refractivity contribution < 1.29 is 27.2 Å². The van der Waals surface area contributed by atoms with Crippen molar-refractivity contribution in [1.29, 1.82) is 0 Å². The standard InChI is InChI=1S/C28H44O6S/c1-22(25-16-17-26-27(30)11-10-18-28(25,26)2)21-34-35(31,32)24-14-12-23(13-15-24)33-20-9-7-5-3-4-6-8-19-29/h12-15,22,25-26,29H,3-11,16-21H2,1-2H3/t22-,25-,26+,28-/m1/s1. The quantitative estimate of drug-likeness (QED) is 0.234. The number of hydrogen-bond donors (Lipinski definition) is 1. The van der Waals surface area contributed by atoms with Gasteiger partial charge >= 0.3 is 0 Å². The molecule has 3 rings (SSSR count). The first-order chi connectivity index (χ1) is 16.8. The van der Waals surface area contributed by atoms with Gasteiger partial charge in [0.1, 0.15) is 11.5 Å². The normalized spacial score (nSPS) is 25.4. The Morgan fingerprint density at radius 1 is 1.03 bits per heavy atom. The van der Waals surface area contributed by atoms with Gasteiger partial charge in [-0.25, -0.2) is 0 Å². The molecule has 0 aromatic heterocycles. The predicted octanol–water partition coefficient (Wildman–Crippen LogP) is 5.92. The Labute approximate surface area is 211 Å². The number of Topliss-reactive ketones (excluding diaryl/α,β-unsaturated/α-hetero) is 1. The van der Waals surface area contributed by atoms with Crippen LogP contribution in [0.5, 0.6) is 5.75 Å². The van der Waals surface area contributed by atoms with Crippen molar-refractivity contribution in [1.82, 2.24) is 0 Å².